The van der Waals surface area contributed by atoms with Gasteiger partial charge in [0.25, 0.3) is 0 Å². The van der Waals surface area contributed by atoms with Crippen molar-refractivity contribution >= 4 is 0 Å². The van der Waals surface area contributed by atoms with Gasteiger partial charge < -0.3 is 29.2 Å². The summed E-state index contributed by atoms with van der Waals surface area (Å²) in [6.45, 7) is 3.46. The fourth-order valence-electron chi connectivity index (χ4n) is 4.91. The predicted octanol–water partition coefficient (Wildman–Crippen LogP) is 3.59. The Bertz CT molecular complexity index is 975. The van der Waals surface area contributed by atoms with Crippen molar-refractivity contribution in [1.82, 2.24) is 0 Å². The van der Waals surface area contributed by atoms with Gasteiger partial charge in [-0.3, -0.25) is 0 Å². The number of ether oxygens (including phenoxy) is 4. The first-order chi connectivity index (χ1) is 16.4. The summed E-state index contributed by atoms with van der Waals surface area (Å²) in [6, 6.07) is 29.8. The maximum absolute atomic E-state index is 11.1. The average Bonchev–Trinajstić information content (AvgIpc) is 3.33. The van der Waals surface area contributed by atoms with Crippen LogP contribution in [0.15, 0.2) is 91.0 Å². The highest BCUT2D eigenvalue weighted by molar-refractivity contribution is 5.47. The number of benzene rings is 3. The maximum atomic E-state index is 11.1. The maximum Gasteiger partial charge on any atom is 0.190 e. The van der Waals surface area contributed by atoms with Crippen molar-refractivity contribution in [2.24, 2.45) is 0 Å². The van der Waals surface area contributed by atoms with Gasteiger partial charge in [-0.25, -0.2) is 0 Å². The molecule has 2 aliphatic rings. The third-order valence-corrected chi connectivity index (χ3v) is 6.44. The minimum absolute atomic E-state index is 0.0801. The zero-order chi connectivity index (χ0) is 23.8. The minimum Gasteiger partial charge on any atom is -0.388 e. The summed E-state index contributed by atoms with van der Waals surface area (Å²) < 4.78 is 24.0. The summed E-state index contributed by atoms with van der Waals surface area (Å²) in [5.74, 6) is -0.841. The third kappa shape index (κ3) is 4.18. The highest BCUT2D eigenvalue weighted by atomic mass is 16.8. The van der Waals surface area contributed by atoms with Crippen LogP contribution in [0.3, 0.4) is 0 Å². The molecule has 0 unspecified atom stereocenters. The van der Waals surface area contributed by atoms with E-state index in [4.69, 9.17) is 18.9 Å². The Hall–Kier alpha value is -2.58. The quantitative estimate of drug-likeness (QED) is 0.523. The van der Waals surface area contributed by atoms with Crippen LogP contribution in [0.4, 0.5) is 0 Å². The Labute approximate surface area is 199 Å². The standard InChI is InChI=1S/C28H30O6/c1-27(2)33-25-23(30)24(32-26(25)34-27)22(29)18-31-28(19-12-6-3-7-13-19,20-14-8-4-9-15-20)21-16-10-5-11-17-21/h3-17,22-26,29-30H,18H2,1-2H3/t22-,23+,24-,25+,26+/m1/s1. The van der Waals surface area contributed by atoms with Crippen molar-refractivity contribution in [2.75, 3.05) is 6.61 Å². The van der Waals surface area contributed by atoms with Gasteiger partial charge in [-0.05, 0) is 30.5 Å². The number of rotatable bonds is 7. The van der Waals surface area contributed by atoms with E-state index >= 15 is 0 Å². The van der Waals surface area contributed by atoms with Gasteiger partial charge in [0.1, 0.15) is 30.0 Å². The molecular weight excluding hydrogens is 432 g/mol. The van der Waals surface area contributed by atoms with Gasteiger partial charge in [-0.15, -0.1) is 0 Å². The molecule has 6 heteroatoms. The molecule has 5 rings (SSSR count). The van der Waals surface area contributed by atoms with Gasteiger partial charge in [0.15, 0.2) is 12.1 Å². The van der Waals surface area contributed by atoms with E-state index in [1.165, 1.54) is 0 Å². The van der Waals surface area contributed by atoms with Crippen LogP contribution in [-0.4, -0.2) is 53.3 Å². The van der Waals surface area contributed by atoms with E-state index in [-0.39, 0.29) is 6.61 Å². The van der Waals surface area contributed by atoms with Gasteiger partial charge in [0.2, 0.25) is 0 Å². The summed E-state index contributed by atoms with van der Waals surface area (Å²) in [6.07, 6.45) is -4.42. The molecule has 3 aromatic carbocycles. The second-order valence-electron chi connectivity index (χ2n) is 9.22. The van der Waals surface area contributed by atoms with Gasteiger partial charge in [-0.1, -0.05) is 91.0 Å². The zero-order valence-corrected chi connectivity index (χ0v) is 19.3. The van der Waals surface area contributed by atoms with E-state index in [1.807, 2.05) is 91.0 Å². The molecule has 0 spiro atoms. The van der Waals surface area contributed by atoms with Gasteiger partial charge >= 0.3 is 0 Å². The molecule has 2 saturated heterocycles. The molecule has 2 aliphatic heterocycles. The molecule has 34 heavy (non-hydrogen) atoms. The number of fused-ring (bicyclic) bond motifs is 1. The van der Waals surface area contributed by atoms with Crippen molar-refractivity contribution in [3.05, 3.63) is 108 Å². The number of aliphatic hydroxyl groups excluding tert-OH is 2. The van der Waals surface area contributed by atoms with Crippen LogP contribution < -0.4 is 0 Å². The van der Waals surface area contributed by atoms with Gasteiger partial charge in [0, 0.05) is 0 Å². The number of hydrogen-bond donors (Lipinski definition) is 2. The SMILES string of the molecule is CC1(C)O[C@@H]2O[C@H]([C@H](O)COC(c3ccccc3)(c3ccccc3)c3ccccc3)[C@H](O)[C@@H]2O1. The Balaban J connectivity index is 1.46. The smallest absolute Gasteiger partial charge is 0.190 e. The molecule has 0 saturated carbocycles. The van der Waals surface area contributed by atoms with E-state index in [1.54, 1.807) is 13.8 Å². The fourth-order valence-corrected chi connectivity index (χ4v) is 4.91. The summed E-state index contributed by atoms with van der Waals surface area (Å²) >= 11 is 0. The molecule has 178 valence electrons. The molecule has 0 radical (unpaired) electrons. The summed E-state index contributed by atoms with van der Waals surface area (Å²) in [7, 11) is 0. The number of hydrogen-bond acceptors (Lipinski definition) is 6. The van der Waals surface area contributed by atoms with E-state index in [2.05, 4.69) is 0 Å². The predicted molar refractivity (Wildman–Crippen MR) is 126 cm³/mol. The first-order valence-electron chi connectivity index (χ1n) is 11.6. The largest absolute Gasteiger partial charge is 0.388 e. The van der Waals surface area contributed by atoms with Crippen molar-refractivity contribution in [1.29, 1.82) is 0 Å². The van der Waals surface area contributed by atoms with Crippen LogP contribution in [0.2, 0.25) is 0 Å². The lowest BCUT2D eigenvalue weighted by Crippen LogP contribution is -2.45. The van der Waals surface area contributed by atoms with E-state index in [0.717, 1.165) is 16.7 Å². The van der Waals surface area contributed by atoms with E-state index < -0.39 is 42.1 Å². The monoisotopic (exact) mass is 462 g/mol. The molecule has 5 atom stereocenters. The lowest BCUT2D eigenvalue weighted by molar-refractivity contribution is -0.230. The van der Waals surface area contributed by atoms with Crippen LogP contribution in [-0.2, 0) is 24.5 Å². The second-order valence-corrected chi connectivity index (χ2v) is 9.22. The molecule has 2 fully saturated rings. The number of aliphatic hydroxyl groups is 2. The fraction of sp³-hybridized carbons (Fsp3) is 0.357. The molecule has 0 amide bonds. The molecular formula is C28H30O6. The van der Waals surface area contributed by atoms with Crippen molar-refractivity contribution < 1.29 is 29.2 Å². The molecule has 2 N–H and O–H groups in total. The van der Waals surface area contributed by atoms with Crippen molar-refractivity contribution in [3.8, 4) is 0 Å². The van der Waals surface area contributed by atoms with Crippen molar-refractivity contribution in [3.63, 3.8) is 0 Å². The molecule has 3 aromatic rings. The molecule has 0 aromatic heterocycles. The Morgan fingerprint density at radius 3 is 1.74 bits per heavy atom. The van der Waals surface area contributed by atoms with Crippen LogP contribution in [0.1, 0.15) is 30.5 Å². The summed E-state index contributed by atoms with van der Waals surface area (Å²) in [4.78, 5) is 0. The summed E-state index contributed by atoms with van der Waals surface area (Å²) in [5, 5.41) is 21.9. The third-order valence-electron chi connectivity index (χ3n) is 6.44. The molecule has 6 nitrogen and oxygen atoms in total. The minimum atomic E-state index is -1.11. The molecule has 0 aliphatic carbocycles. The molecule has 2 heterocycles. The van der Waals surface area contributed by atoms with Gasteiger partial charge in [0.05, 0.1) is 6.61 Å². The average molecular weight is 463 g/mol. The van der Waals surface area contributed by atoms with E-state index in [0.29, 0.717) is 0 Å². The van der Waals surface area contributed by atoms with Crippen LogP contribution in [0.5, 0.6) is 0 Å². The van der Waals surface area contributed by atoms with Crippen LogP contribution in [0, 0.1) is 0 Å². The second kappa shape index (κ2) is 9.23. The topological polar surface area (TPSA) is 77.4 Å². The Kier molecular flexibility index (Phi) is 6.29. The highest BCUT2D eigenvalue weighted by Gasteiger charge is 2.56. The van der Waals surface area contributed by atoms with Crippen LogP contribution in [0.25, 0.3) is 0 Å². The van der Waals surface area contributed by atoms with E-state index in [9.17, 15) is 10.2 Å². The first kappa shape index (κ1) is 23.2. The zero-order valence-electron chi connectivity index (χ0n) is 19.3. The van der Waals surface area contributed by atoms with Crippen molar-refractivity contribution in [2.45, 2.75) is 55.9 Å². The van der Waals surface area contributed by atoms with Gasteiger partial charge in [-0.2, -0.15) is 0 Å². The summed E-state index contributed by atoms with van der Waals surface area (Å²) in [5.41, 5.74) is 1.81. The lowest BCUT2D eigenvalue weighted by atomic mass is 9.80. The Morgan fingerprint density at radius 1 is 0.824 bits per heavy atom. The lowest BCUT2D eigenvalue weighted by Gasteiger charge is -2.37. The highest BCUT2D eigenvalue weighted by Crippen LogP contribution is 2.42. The van der Waals surface area contributed by atoms with Crippen LogP contribution >= 0.6 is 0 Å². The molecule has 0 bridgehead atoms. The normalized spacial score (nSPS) is 26.8. The Morgan fingerprint density at radius 2 is 1.29 bits per heavy atom. The first-order valence-corrected chi connectivity index (χ1v) is 11.6.